The van der Waals surface area contributed by atoms with Crippen LogP contribution in [0.3, 0.4) is 0 Å². The maximum Gasteiger partial charge on any atom is 0.0787 e. The number of halogens is 1. The lowest BCUT2D eigenvalue weighted by atomic mass is 10.2. The molecule has 1 rings (SSSR count). The summed E-state index contributed by atoms with van der Waals surface area (Å²) in [6.45, 7) is 0. The Morgan fingerprint density at radius 2 is 1.90 bits per heavy atom. The molecule has 0 aromatic heterocycles. The van der Waals surface area contributed by atoms with Gasteiger partial charge in [0.05, 0.1) is 6.21 Å². The van der Waals surface area contributed by atoms with Gasteiger partial charge in [0.2, 0.25) is 0 Å². The number of hydrogen-bond acceptors (Lipinski definition) is 1. The molecule has 0 saturated carbocycles. The van der Waals surface area contributed by atoms with E-state index in [0.29, 0.717) is 5.02 Å². The summed E-state index contributed by atoms with van der Waals surface area (Å²) in [4.78, 5) is 0. The predicted molar refractivity (Wildman–Crippen MR) is 39.7 cm³/mol. The average molecular weight is 155 g/mol. The van der Waals surface area contributed by atoms with Crippen molar-refractivity contribution in [2.75, 3.05) is 0 Å². The molecule has 1 radical (unpaired) electrons. The average Bonchev–Trinajstić information content (AvgIpc) is 1.95. The quantitative estimate of drug-likeness (QED) is 0.439. The van der Waals surface area contributed by atoms with Crippen molar-refractivity contribution in [3.05, 3.63) is 34.9 Å². The van der Waals surface area contributed by atoms with Gasteiger partial charge in [-0.1, -0.05) is 23.7 Å². The van der Waals surface area contributed by atoms with Gasteiger partial charge in [0.25, 0.3) is 0 Å². The minimum Gasteiger partial charge on any atom is -0.145 e. The molecule has 0 fully saturated rings. The molecular weight excluding hydrogens is 150 g/mol. The summed E-state index contributed by atoms with van der Waals surface area (Å²) in [6, 6.07) is 6.87. The zero-order chi connectivity index (χ0) is 7.40. The van der Waals surface area contributed by atoms with Gasteiger partial charge in [-0.3, -0.25) is 0 Å². The summed E-state index contributed by atoms with van der Waals surface area (Å²) in [5.41, 5.74) is 0.763. The van der Waals surface area contributed by atoms with Crippen LogP contribution >= 0.6 is 11.6 Å². The first kappa shape index (κ1) is 7.09. The highest BCUT2D eigenvalue weighted by Crippen LogP contribution is 2.07. The molecule has 0 aliphatic heterocycles. The molecule has 10 heavy (non-hydrogen) atoms. The summed E-state index contributed by atoms with van der Waals surface area (Å²) in [5.74, 6) is 0. The number of rotatable bonds is 1. The van der Waals surface area contributed by atoms with E-state index in [-0.39, 0.29) is 0 Å². The van der Waals surface area contributed by atoms with Crippen LogP contribution in [0.1, 0.15) is 5.56 Å². The van der Waals surface area contributed by atoms with E-state index in [1.807, 2.05) is 0 Å². The lowest BCUT2D eigenvalue weighted by molar-refractivity contribution is 0.211. The number of nitrogens with zero attached hydrogens (tertiary/aromatic N) is 1. The second kappa shape index (κ2) is 3.22. The molecule has 1 aromatic carbocycles. The Hall–Kier alpha value is -1.02. The highest BCUT2D eigenvalue weighted by Gasteiger charge is 1.86. The summed E-state index contributed by atoms with van der Waals surface area (Å²) in [7, 11) is 0. The minimum absolute atomic E-state index is 0.656. The van der Waals surface area contributed by atoms with Crippen LogP contribution in [-0.4, -0.2) is 6.21 Å². The van der Waals surface area contributed by atoms with Gasteiger partial charge in [0, 0.05) is 5.02 Å². The SMILES string of the molecule is [O]N=Cc1ccc(Cl)cc1. The molecule has 0 spiro atoms. The number of benzene rings is 1. The summed E-state index contributed by atoms with van der Waals surface area (Å²) in [5, 5.41) is 13.0. The van der Waals surface area contributed by atoms with Crippen molar-refractivity contribution in [3.63, 3.8) is 0 Å². The van der Waals surface area contributed by atoms with E-state index < -0.39 is 0 Å². The van der Waals surface area contributed by atoms with Crippen molar-refractivity contribution in [2.24, 2.45) is 5.16 Å². The zero-order valence-corrected chi connectivity index (χ0v) is 5.88. The molecule has 0 atom stereocenters. The molecule has 1 aromatic rings. The van der Waals surface area contributed by atoms with Crippen molar-refractivity contribution < 1.29 is 5.21 Å². The Labute approximate surface area is 63.7 Å². The standard InChI is InChI=1S/C7H5ClNO/c8-7-3-1-6(2-4-7)5-9-10/h1-5H. The second-order valence-corrected chi connectivity index (χ2v) is 2.22. The van der Waals surface area contributed by atoms with Crippen LogP contribution in [0.5, 0.6) is 0 Å². The van der Waals surface area contributed by atoms with E-state index in [4.69, 9.17) is 11.6 Å². The zero-order valence-electron chi connectivity index (χ0n) is 5.12. The third kappa shape index (κ3) is 1.74. The third-order valence-corrected chi connectivity index (χ3v) is 1.32. The first-order chi connectivity index (χ1) is 4.83. The molecule has 0 bridgehead atoms. The minimum atomic E-state index is 0.656. The van der Waals surface area contributed by atoms with Crippen LogP contribution in [0.4, 0.5) is 0 Å². The Kier molecular flexibility index (Phi) is 2.29. The van der Waals surface area contributed by atoms with Gasteiger partial charge in [-0.25, -0.2) is 0 Å². The van der Waals surface area contributed by atoms with E-state index in [0.717, 1.165) is 5.56 Å². The molecule has 0 saturated heterocycles. The third-order valence-electron chi connectivity index (χ3n) is 1.07. The van der Waals surface area contributed by atoms with Gasteiger partial charge < -0.3 is 0 Å². The Bertz CT molecular complexity index is 230. The van der Waals surface area contributed by atoms with Crippen LogP contribution in [0.15, 0.2) is 29.4 Å². The first-order valence-corrected chi connectivity index (χ1v) is 3.12. The second-order valence-electron chi connectivity index (χ2n) is 1.79. The highest BCUT2D eigenvalue weighted by molar-refractivity contribution is 6.30. The van der Waals surface area contributed by atoms with Gasteiger partial charge in [0.1, 0.15) is 0 Å². The van der Waals surface area contributed by atoms with Gasteiger partial charge in [-0.15, -0.1) is 5.21 Å². The monoisotopic (exact) mass is 154 g/mol. The van der Waals surface area contributed by atoms with Crippen molar-refractivity contribution in [2.45, 2.75) is 0 Å². The van der Waals surface area contributed by atoms with E-state index in [9.17, 15) is 5.21 Å². The molecule has 0 unspecified atom stereocenters. The van der Waals surface area contributed by atoms with Gasteiger partial charge >= 0.3 is 0 Å². The maximum atomic E-state index is 9.72. The highest BCUT2D eigenvalue weighted by atomic mass is 35.5. The molecule has 2 nitrogen and oxygen atoms in total. The van der Waals surface area contributed by atoms with Crippen LogP contribution in [0.25, 0.3) is 0 Å². The fourth-order valence-electron chi connectivity index (χ4n) is 0.610. The van der Waals surface area contributed by atoms with Crippen LogP contribution in [0.2, 0.25) is 5.02 Å². The van der Waals surface area contributed by atoms with Crippen LogP contribution < -0.4 is 0 Å². The summed E-state index contributed by atoms with van der Waals surface area (Å²) < 4.78 is 0. The van der Waals surface area contributed by atoms with Crippen molar-refractivity contribution in [3.8, 4) is 0 Å². The molecule has 0 N–H and O–H groups in total. The molecule has 3 heteroatoms. The fourth-order valence-corrected chi connectivity index (χ4v) is 0.736. The topological polar surface area (TPSA) is 32.3 Å². The molecule has 0 aliphatic carbocycles. The lowest BCUT2D eigenvalue weighted by Crippen LogP contribution is -1.77. The molecule has 0 aliphatic rings. The summed E-state index contributed by atoms with van der Waals surface area (Å²) in [6.07, 6.45) is 1.23. The lowest BCUT2D eigenvalue weighted by Gasteiger charge is -1.89. The van der Waals surface area contributed by atoms with Crippen LogP contribution in [-0.2, 0) is 5.21 Å². The normalized spacial score (nSPS) is 10.5. The van der Waals surface area contributed by atoms with E-state index in [1.165, 1.54) is 6.21 Å². The van der Waals surface area contributed by atoms with Crippen LogP contribution in [0, 0.1) is 0 Å². The molecular formula is C7H5ClNO. The largest absolute Gasteiger partial charge is 0.145 e. The van der Waals surface area contributed by atoms with E-state index in [2.05, 4.69) is 5.16 Å². The first-order valence-electron chi connectivity index (χ1n) is 2.74. The summed E-state index contributed by atoms with van der Waals surface area (Å²) >= 11 is 5.59. The Morgan fingerprint density at radius 1 is 1.30 bits per heavy atom. The molecule has 0 heterocycles. The van der Waals surface area contributed by atoms with Gasteiger partial charge in [0.15, 0.2) is 0 Å². The Balaban J connectivity index is 2.89. The van der Waals surface area contributed by atoms with Crippen molar-refractivity contribution >= 4 is 17.8 Å². The molecule has 0 amide bonds. The molecule has 51 valence electrons. The van der Waals surface area contributed by atoms with Gasteiger partial charge in [-0.05, 0) is 22.9 Å². The van der Waals surface area contributed by atoms with Crippen molar-refractivity contribution in [1.29, 1.82) is 0 Å². The van der Waals surface area contributed by atoms with E-state index >= 15 is 0 Å². The maximum absolute atomic E-state index is 9.72. The fraction of sp³-hybridized carbons (Fsp3) is 0. The van der Waals surface area contributed by atoms with E-state index in [1.54, 1.807) is 24.3 Å². The number of hydrogen-bond donors (Lipinski definition) is 0. The Morgan fingerprint density at radius 3 is 2.40 bits per heavy atom. The van der Waals surface area contributed by atoms with Gasteiger partial charge in [-0.2, -0.15) is 0 Å². The predicted octanol–water partition coefficient (Wildman–Crippen LogP) is 2.10. The smallest absolute Gasteiger partial charge is 0.0787 e. The van der Waals surface area contributed by atoms with Crippen molar-refractivity contribution in [1.82, 2.24) is 0 Å².